The number of aromatic nitrogens is 1. The second kappa shape index (κ2) is 6.72. The summed E-state index contributed by atoms with van der Waals surface area (Å²) in [6.45, 7) is 0.419. The fourth-order valence-corrected chi connectivity index (χ4v) is 7.72. The molecule has 0 bridgehead atoms. The van der Waals surface area contributed by atoms with Gasteiger partial charge in [0.2, 0.25) is 5.43 Å². The van der Waals surface area contributed by atoms with Gasteiger partial charge in [0.05, 0.1) is 18.1 Å². The molecule has 2 spiro atoms. The molecule has 1 saturated heterocycles. The zero-order valence-corrected chi connectivity index (χ0v) is 20.0. The smallest absolute Gasteiger partial charge is 0.278 e. The van der Waals surface area contributed by atoms with Crippen molar-refractivity contribution in [2.45, 2.75) is 53.1 Å². The topological polar surface area (TPSA) is 83.8 Å². The molecule has 3 aliphatic heterocycles. The van der Waals surface area contributed by atoms with E-state index in [1.54, 1.807) is 17.8 Å². The molecular weight excluding hydrogens is 481 g/mol. The molecule has 182 valence electrons. The second-order valence-electron chi connectivity index (χ2n) is 10.4. The summed E-state index contributed by atoms with van der Waals surface area (Å²) in [5.41, 5.74) is 5.38. The van der Waals surface area contributed by atoms with E-state index in [2.05, 4.69) is 17.6 Å². The quantitative estimate of drug-likeness (QED) is 0.530. The number of morpholine rings is 1. The van der Waals surface area contributed by atoms with Gasteiger partial charge in [0.25, 0.3) is 5.91 Å². The highest BCUT2D eigenvalue weighted by Crippen LogP contribution is 2.67. The van der Waals surface area contributed by atoms with Gasteiger partial charge in [0.15, 0.2) is 17.1 Å². The van der Waals surface area contributed by atoms with Crippen molar-refractivity contribution >= 4 is 17.7 Å². The standard InChI is InChI=1S/C27H22FN3O4S/c28-18-5-1-3-14-12-36-20-6-2-4-15(17(20)11-16(14)18)21-24-27(21)29-30-10-7-19(32)23(33)22(30)25(34)31(27)26(8-9-26)13-35-24/h1-7,10,21,24,29,33H,8-9,11-13H2/t21?,24-,27?/m0/s1. The largest absolute Gasteiger partial charge is 0.502 e. The van der Waals surface area contributed by atoms with Crippen molar-refractivity contribution in [3.05, 3.63) is 92.6 Å². The van der Waals surface area contributed by atoms with Gasteiger partial charge in [-0.3, -0.25) is 19.7 Å². The molecule has 36 heavy (non-hydrogen) atoms. The van der Waals surface area contributed by atoms with E-state index in [0.717, 1.165) is 34.4 Å². The van der Waals surface area contributed by atoms with Crippen LogP contribution in [0.4, 0.5) is 4.39 Å². The fourth-order valence-electron chi connectivity index (χ4n) is 6.60. The first kappa shape index (κ1) is 20.8. The van der Waals surface area contributed by atoms with Gasteiger partial charge in [-0.05, 0) is 47.2 Å². The van der Waals surface area contributed by atoms with Crippen LogP contribution in [-0.4, -0.2) is 44.5 Å². The van der Waals surface area contributed by atoms with E-state index in [1.807, 2.05) is 17.0 Å². The van der Waals surface area contributed by atoms with Gasteiger partial charge >= 0.3 is 0 Å². The summed E-state index contributed by atoms with van der Waals surface area (Å²) in [6.07, 6.45) is 3.28. The highest BCUT2D eigenvalue weighted by atomic mass is 32.2. The highest BCUT2D eigenvalue weighted by Gasteiger charge is 2.81. The molecule has 7 nitrogen and oxygen atoms in total. The van der Waals surface area contributed by atoms with E-state index in [-0.39, 0.29) is 29.4 Å². The number of carbonyl (C=O) groups excluding carboxylic acids is 1. The molecule has 5 aliphatic rings. The van der Waals surface area contributed by atoms with Crippen molar-refractivity contribution < 1.29 is 19.0 Å². The number of carbonyl (C=O) groups is 1. The predicted octanol–water partition coefficient (Wildman–Crippen LogP) is 3.31. The molecule has 2 aliphatic carbocycles. The van der Waals surface area contributed by atoms with Gasteiger partial charge in [0.1, 0.15) is 11.9 Å². The fraction of sp³-hybridized carbons (Fsp3) is 0.333. The number of pyridine rings is 1. The van der Waals surface area contributed by atoms with E-state index in [9.17, 15) is 19.1 Å². The second-order valence-corrected chi connectivity index (χ2v) is 11.4. The molecule has 1 aromatic heterocycles. The lowest BCUT2D eigenvalue weighted by Crippen LogP contribution is -2.66. The minimum atomic E-state index is -0.843. The molecule has 3 aromatic rings. The van der Waals surface area contributed by atoms with Crippen molar-refractivity contribution in [1.82, 2.24) is 9.58 Å². The van der Waals surface area contributed by atoms with Gasteiger partial charge in [-0.2, -0.15) is 0 Å². The predicted molar refractivity (Wildman–Crippen MR) is 130 cm³/mol. The first-order valence-corrected chi connectivity index (χ1v) is 13.1. The van der Waals surface area contributed by atoms with E-state index in [1.165, 1.54) is 23.0 Å². The third kappa shape index (κ3) is 2.47. The molecule has 2 N–H and O–H groups in total. The van der Waals surface area contributed by atoms with Crippen LogP contribution in [0.25, 0.3) is 0 Å². The van der Waals surface area contributed by atoms with E-state index in [0.29, 0.717) is 24.3 Å². The Kier molecular flexibility index (Phi) is 3.89. The number of hydrogen-bond acceptors (Lipinski definition) is 6. The number of thioether (sulfide) groups is 1. The maximum absolute atomic E-state index is 14.9. The van der Waals surface area contributed by atoms with Crippen molar-refractivity contribution in [2.24, 2.45) is 0 Å². The molecule has 3 atom stereocenters. The van der Waals surface area contributed by atoms with Gasteiger partial charge in [-0.25, -0.2) is 4.39 Å². The lowest BCUT2D eigenvalue weighted by atomic mass is 9.93. The lowest BCUT2D eigenvalue weighted by molar-refractivity contribution is -0.0483. The van der Waals surface area contributed by atoms with Crippen LogP contribution in [0.2, 0.25) is 0 Å². The van der Waals surface area contributed by atoms with Gasteiger partial charge in [-0.15, -0.1) is 11.8 Å². The molecular formula is C27H22FN3O4S. The van der Waals surface area contributed by atoms with Crippen molar-refractivity contribution in [3.8, 4) is 5.75 Å². The Bertz CT molecular complexity index is 1570. The first-order valence-electron chi connectivity index (χ1n) is 12.1. The average Bonchev–Trinajstić information content (AvgIpc) is 3.77. The zero-order valence-electron chi connectivity index (χ0n) is 19.2. The Balaban J connectivity index is 1.30. The van der Waals surface area contributed by atoms with E-state index in [4.69, 9.17) is 4.74 Å². The minimum absolute atomic E-state index is 0.0378. The van der Waals surface area contributed by atoms with Crippen molar-refractivity contribution in [3.63, 3.8) is 0 Å². The summed E-state index contributed by atoms with van der Waals surface area (Å²) in [4.78, 5) is 29.0. The van der Waals surface area contributed by atoms with Crippen molar-refractivity contribution in [2.75, 3.05) is 12.0 Å². The molecule has 0 radical (unpaired) electrons. The summed E-state index contributed by atoms with van der Waals surface area (Å²) in [5, 5.41) is 10.5. The highest BCUT2D eigenvalue weighted by molar-refractivity contribution is 7.98. The van der Waals surface area contributed by atoms with Gasteiger partial charge < -0.3 is 14.7 Å². The number of hydrogen-bond donors (Lipinski definition) is 2. The van der Waals surface area contributed by atoms with Gasteiger partial charge in [0, 0.05) is 29.3 Å². The molecule has 2 unspecified atom stereocenters. The Hall–Kier alpha value is -3.30. The monoisotopic (exact) mass is 503 g/mol. The summed E-state index contributed by atoms with van der Waals surface area (Å²) >= 11 is 1.70. The van der Waals surface area contributed by atoms with Gasteiger partial charge in [-0.1, -0.05) is 24.3 Å². The number of aromatic hydroxyl groups is 1. The Morgan fingerprint density at radius 1 is 1.11 bits per heavy atom. The maximum atomic E-state index is 14.9. The number of fused-ring (bicyclic) bond motifs is 4. The van der Waals surface area contributed by atoms with Crippen LogP contribution in [0.5, 0.6) is 5.75 Å². The summed E-state index contributed by atoms with van der Waals surface area (Å²) in [5.74, 6) is -0.579. The van der Waals surface area contributed by atoms with Crippen LogP contribution in [0.3, 0.4) is 0 Å². The summed E-state index contributed by atoms with van der Waals surface area (Å²) < 4.78 is 22.8. The molecule has 9 heteroatoms. The number of amides is 1. The maximum Gasteiger partial charge on any atom is 0.278 e. The number of halogens is 1. The first-order chi connectivity index (χ1) is 17.4. The molecule has 3 fully saturated rings. The van der Waals surface area contributed by atoms with Crippen molar-refractivity contribution in [1.29, 1.82) is 0 Å². The van der Waals surface area contributed by atoms with E-state index >= 15 is 0 Å². The third-order valence-electron chi connectivity index (χ3n) is 8.54. The Labute approximate surface area is 209 Å². The number of nitrogens with zero attached hydrogens (tertiary/aromatic N) is 2. The number of ether oxygens (including phenoxy) is 1. The van der Waals surface area contributed by atoms with Crippen LogP contribution in [0, 0.1) is 5.82 Å². The molecule has 4 heterocycles. The van der Waals surface area contributed by atoms with Crippen LogP contribution in [0.15, 0.2) is 58.4 Å². The number of benzene rings is 2. The van der Waals surface area contributed by atoms with E-state index < -0.39 is 22.4 Å². The van der Waals surface area contributed by atoms with Crippen LogP contribution in [0.1, 0.15) is 51.5 Å². The molecule has 2 saturated carbocycles. The number of nitrogens with one attached hydrogen (secondary N) is 1. The lowest BCUT2D eigenvalue weighted by Gasteiger charge is -2.47. The average molecular weight is 504 g/mol. The molecule has 2 aromatic carbocycles. The summed E-state index contributed by atoms with van der Waals surface area (Å²) in [6, 6.07) is 12.7. The third-order valence-corrected chi connectivity index (χ3v) is 9.69. The molecule has 8 rings (SSSR count). The van der Waals surface area contributed by atoms with Crippen LogP contribution in [-0.2, 0) is 16.9 Å². The Morgan fingerprint density at radius 3 is 2.78 bits per heavy atom. The van der Waals surface area contributed by atoms with Crippen LogP contribution >= 0.6 is 11.8 Å². The normalized spacial score (nSPS) is 28.1. The minimum Gasteiger partial charge on any atom is -0.502 e. The number of rotatable bonds is 1. The summed E-state index contributed by atoms with van der Waals surface area (Å²) in [7, 11) is 0. The zero-order chi connectivity index (χ0) is 24.4. The van der Waals surface area contributed by atoms with Crippen LogP contribution < -0.4 is 10.9 Å². The molecule has 1 amide bonds. The Morgan fingerprint density at radius 2 is 1.94 bits per heavy atom. The SMILES string of the molecule is O=C1c2c(O)c(=O)ccn2NC23C(c4cccc5c4Cc4c(F)cccc4CS5)[C@@H]2OCC2(CC2)N13.